The van der Waals surface area contributed by atoms with Crippen LogP contribution in [0.4, 0.5) is 11.5 Å². The van der Waals surface area contributed by atoms with Crippen LogP contribution in [0.5, 0.6) is 5.75 Å². The average Bonchev–Trinajstić information content (AvgIpc) is 3.11. The number of aromatic nitrogens is 1. The molecule has 0 saturated carbocycles. The van der Waals surface area contributed by atoms with E-state index in [1.807, 2.05) is 35.2 Å². The lowest BCUT2D eigenvalue weighted by Gasteiger charge is -2.33. The molecular weight excluding hydrogens is 328 g/mol. The second-order valence-electron chi connectivity index (χ2n) is 6.89. The predicted molar refractivity (Wildman–Crippen MR) is 102 cm³/mol. The number of rotatable bonds is 3. The predicted octanol–water partition coefficient (Wildman–Crippen LogP) is 2.04. The van der Waals surface area contributed by atoms with E-state index in [9.17, 15) is 4.79 Å². The summed E-state index contributed by atoms with van der Waals surface area (Å²) in [5, 5.41) is 0. The average molecular weight is 352 g/mol. The van der Waals surface area contributed by atoms with E-state index >= 15 is 0 Å². The molecule has 0 atom stereocenters. The van der Waals surface area contributed by atoms with Gasteiger partial charge in [0.1, 0.15) is 11.6 Å². The van der Waals surface area contributed by atoms with Crippen LogP contribution in [0.2, 0.25) is 0 Å². The molecule has 1 fully saturated rings. The number of methoxy groups -OCH3 is 1. The minimum absolute atomic E-state index is 0.0340. The molecule has 2 aromatic rings. The van der Waals surface area contributed by atoms with Crippen molar-refractivity contribution in [3.8, 4) is 5.75 Å². The minimum atomic E-state index is 0.0340. The van der Waals surface area contributed by atoms with Crippen molar-refractivity contribution in [1.82, 2.24) is 9.88 Å². The maximum atomic E-state index is 13.1. The van der Waals surface area contributed by atoms with Gasteiger partial charge >= 0.3 is 0 Å². The summed E-state index contributed by atoms with van der Waals surface area (Å²) < 4.78 is 5.29. The molecule has 26 heavy (non-hydrogen) atoms. The molecule has 1 saturated heterocycles. The third-order valence-corrected chi connectivity index (χ3v) is 5.25. The molecule has 0 unspecified atom stereocenters. The topological polar surface area (TPSA) is 48.9 Å². The van der Waals surface area contributed by atoms with Crippen molar-refractivity contribution in [2.75, 3.05) is 56.7 Å². The van der Waals surface area contributed by atoms with E-state index < -0.39 is 0 Å². The molecule has 0 spiro atoms. The molecule has 0 N–H and O–H groups in total. The number of amides is 1. The van der Waals surface area contributed by atoms with E-state index in [0.29, 0.717) is 12.1 Å². The number of anilines is 2. The zero-order valence-electron chi connectivity index (χ0n) is 15.3. The van der Waals surface area contributed by atoms with Crippen molar-refractivity contribution in [3.63, 3.8) is 0 Å². The third-order valence-electron chi connectivity index (χ3n) is 5.25. The smallest absolute Gasteiger partial charge is 0.258 e. The van der Waals surface area contributed by atoms with E-state index in [-0.39, 0.29) is 5.91 Å². The van der Waals surface area contributed by atoms with E-state index in [1.165, 1.54) is 0 Å². The van der Waals surface area contributed by atoms with Gasteiger partial charge < -0.3 is 19.4 Å². The molecule has 1 aromatic heterocycles. The van der Waals surface area contributed by atoms with Gasteiger partial charge in [0.25, 0.3) is 5.91 Å². The van der Waals surface area contributed by atoms with Gasteiger partial charge in [-0.2, -0.15) is 0 Å². The van der Waals surface area contributed by atoms with Crippen LogP contribution in [-0.4, -0.2) is 62.7 Å². The number of ether oxygens (including phenoxy) is 1. The number of fused-ring (bicyclic) bond motifs is 1. The zero-order chi connectivity index (χ0) is 18.1. The molecule has 2 aliphatic heterocycles. The van der Waals surface area contributed by atoms with Crippen molar-refractivity contribution in [3.05, 3.63) is 47.7 Å². The molecule has 6 heteroatoms. The van der Waals surface area contributed by atoms with Gasteiger partial charge in [-0.25, -0.2) is 4.98 Å². The van der Waals surface area contributed by atoms with E-state index in [1.54, 1.807) is 13.3 Å². The van der Waals surface area contributed by atoms with Crippen LogP contribution >= 0.6 is 0 Å². The van der Waals surface area contributed by atoms with Crippen molar-refractivity contribution in [2.45, 2.75) is 6.42 Å². The Morgan fingerprint density at radius 3 is 2.65 bits per heavy atom. The van der Waals surface area contributed by atoms with Crippen molar-refractivity contribution in [1.29, 1.82) is 0 Å². The highest BCUT2D eigenvalue weighted by Crippen LogP contribution is 2.32. The number of hydrogen-bond donors (Lipinski definition) is 0. The van der Waals surface area contributed by atoms with Gasteiger partial charge in [-0.05, 0) is 49.4 Å². The Morgan fingerprint density at radius 2 is 1.88 bits per heavy atom. The largest absolute Gasteiger partial charge is 0.497 e. The van der Waals surface area contributed by atoms with Crippen LogP contribution in [-0.2, 0) is 6.42 Å². The number of pyridine rings is 1. The van der Waals surface area contributed by atoms with E-state index in [4.69, 9.17) is 4.74 Å². The van der Waals surface area contributed by atoms with Gasteiger partial charge in [-0.1, -0.05) is 0 Å². The Kier molecular flexibility index (Phi) is 4.51. The summed E-state index contributed by atoms with van der Waals surface area (Å²) in [4.78, 5) is 24.0. The second kappa shape index (κ2) is 6.96. The maximum Gasteiger partial charge on any atom is 0.258 e. The number of benzene rings is 1. The van der Waals surface area contributed by atoms with Crippen LogP contribution in [0.15, 0.2) is 36.5 Å². The van der Waals surface area contributed by atoms with Crippen LogP contribution < -0.4 is 14.5 Å². The number of carbonyl (C=O) groups excluding carboxylic acids is 1. The first-order valence-corrected chi connectivity index (χ1v) is 9.04. The maximum absolute atomic E-state index is 13.1. The highest BCUT2D eigenvalue weighted by Gasteiger charge is 2.26. The lowest BCUT2D eigenvalue weighted by atomic mass is 10.1. The van der Waals surface area contributed by atoms with E-state index in [2.05, 4.69) is 21.8 Å². The van der Waals surface area contributed by atoms with Gasteiger partial charge in [-0.15, -0.1) is 0 Å². The minimum Gasteiger partial charge on any atom is -0.497 e. The van der Waals surface area contributed by atoms with Gasteiger partial charge in [0, 0.05) is 50.2 Å². The summed E-state index contributed by atoms with van der Waals surface area (Å²) in [6.45, 7) is 4.61. The van der Waals surface area contributed by atoms with Crippen LogP contribution in [0.3, 0.4) is 0 Å². The van der Waals surface area contributed by atoms with Gasteiger partial charge in [-0.3, -0.25) is 4.79 Å². The summed E-state index contributed by atoms with van der Waals surface area (Å²) in [7, 11) is 3.79. The Morgan fingerprint density at radius 1 is 1.08 bits per heavy atom. The molecule has 2 aliphatic rings. The van der Waals surface area contributed by atoms with Crippen LogP contribution in [0.25, 0.3) is 0 Å². The number of piperazine rings is 1. The lowest BCUT2D eigenvalue weighted by molar-refractivity contribution is 0.0989. The Balaban J connectivity index is 1.56. The molecule has 3 heterocycles. The SMILES string of the molecule is COc1ccc2c(c1)CCN2C(=O)c1ccnc(N2CCN(C)CC2)c1. The highest BCUT2D eigenvalue weighted by atomic mass is 16.5. The van der Waals surface area contributed by atoms with Crippen LogP contribution in [0.1, 0.15) is 15.9 Å². The Bertz CT molecular complexity index is 815. The van der Waals surface area contributed by atoms with E-state index in [0.717, 1.165) is 55.4 Å². The fraction of sp³-hybridized carbons (Fsp3) is 0.400. The first-order chi connectivity index (χ1) is 12.7. The summed E-state index contributed by atoms with van der Waals surface area (Å²) in [6.07, 6.45) is 2.60. The summed E-state index contributed by atoms with van der Waals surface area (Å²) in [6, 6.07) is 9.64. The highest BCUT2D eigenvalue weighted by molar-refractivity contribution is 6.07. The summed E-state index contributed by atoms with van der Waals surface area (Å²) in [5.41, 5.74) is 2.83. The quantitative estimate of drug-likeness (QED) is 0.846. The molecular formula is C20H24N4O2. The zero-order valence-corrected chi connectivity index (χ0v) is 15.3. The summed E-state index contributed by atoms with van der Waals surface area (Å²) >= 11 is 0. The molecule has 6 nitrogen and oxygen atoms in total. The molecule has 0 radical (unpaired) electrons. The monoisotopic (exact) mass is 352 g/mol. The lowest BCUT2D eigenvalue weighted by Crippen LogP contribution is -2.44. The van der Waals surface area contributed by atoms with Crippen molar-refractivity contribution in [2.24, 2.45) is 0 Å². The third kappa shape index (κ3) is 3.12. The van der Waals surface area contributed by atoms with Crippen molar-refractivity contribution >= 4 is 17.4 Å². The molecule has 0 aliphatic carbocycles. The molecule has 1 amide bonds. The number of likely N-dealkylation sites (N-methyl/N-ethyl adjacent to an activating group) is 1. The number of nitrogens with zero attached hydrogens (tertiary/aromatic N) is 4. The Hall–Kier alpha value is -2.60. The Labute approximate surface area is 154 Å². The van der Waals surface area contributed by atoms with Gasteiger partial charge in [0.2, 0.25) is 0 Å². The molecule has 4 rings (SSSR count). The molecule has 0 bridgehead atoms. The standard InChI is InChI=1S/C20H24N4O2/c1-22-9-11-23(12-10-22)19-14-16(5-7-21-19)20(25)24-8-6-15-13-17(26-2)3-4-18(15)24/h3-5,7,13-14H,6,8-12H2,1-2H3. The van der Waals surface area contributed by atoms with Crippen molar-refractivity contribution < 1.29 is 9.53 Å². The number of carbonyl (C=O) groups is 1. The molecule has 1 aromatic carbocycles. The fourth-order valence-corrected chi connectivity index (χ4v) is 3.63. The summed E-state index contributed by atoms with van der Waals surface area (Å²) in [5.74, 6) is 1.75. The van der Waals surface area contributed by atoms with Crippen LogP contribution in [0, 0.1) is 0 Å². The van der Waals surface area contributed by atoms with Gasteiger partial charge in [0.15, 0.2) is 0 Å². The first-order valence-electron chi connectivity index (χ1n) is 9.04. The normalized spacial score (nSPS) is 17.3. The second-order valence-corrected chi connectivity index (χ2v) is 6.89. The van der Waals surface area contributed by atoms with Gasteiger partial charge in [0.05, 0.1) is 7.11 Å². The fourth-order valence-electron chi connectivity index (χ4n) is 3.63. The first kappa shape index (κ1) is 16.8. The molecule has 136 valence electrons. The number of hydrogen-bond acceptors (Lipinski definition) is 5.